The monoisotopic (exact) mass is 277 g/mol. The van der Waals surface area contributed by atoms with Crippen LogP contribution < -0.4 is 5.43 Å². The first-order chi connectivity index (χ1) is 9.25. The molecule has 3 heteroatoms. The Kier molecular flexibility index (Phi) is 4.46. The third-order valence-corrected chi connectivity index (χ3v) is 3.95. The number of hydrogen-bond acceptors (Lipinski definition) is 3. The molecule has 0 saturated carbocycles. The molecule has 1 aliphatic carbocycles. The summed E-state index contributed by atoms with van der Waals surface area (Å²) in [6.07, 6.45) is 8.64. The van der Waals surface area contributed by atoms with Crippen LogP contribution in [-0.4, -0.2) is 29.2 Å². The molecule has 1 fully saturated rings. The molecular formula is C17H31N3. The molecule has 0 radical (unpaired) electrons. The molecule has 2 aliphatic rings. The molecule has 1 N–H and O–H groups in total. The Labute approximate surface area is 124 Å². The summed E-state index contributed by atoms with van der Waals surface area (Å²) in [5.41, 5.74) is 6.33. The third-order valence-electron chi connectivity index (χ3n) is 3.95. The third kappa shape index (κ3) is 4.53. The standard InChI is InChI=1S/C17H31N3/c1-16(2,3)19-18-14-11-15(13-17(4,5)12-14)20-9-7-6-8-10-20/h11,19H,6-10,12-13H2,1-5H3/b18-14+. The zero-order chi connectivity index (χ0) is 14.8. The number of nitrogens with one attached hydrogen (secondary N) is 1. The Morgan fingerprint density at radius 2 is 1.75 bits per heavy atom. The Hall–Kier alpha value is -0.990. The van der Waals surface area contributed by atoms with E-state index in [0.29, 0.717) is 5.41 Å². The lowest BCUT2D eigenvalue weighted by Gasteiger charge is -2.38. The number of likely N-dealkylation sites (tertiary alicyclic amines) is 1. The smallest absolute Gasteiger partial charge is 0.0625 e. The van der Waals surface area contributed by atoms with E-state index in [9.17, 15) is 0 Å². The van der Waals surface area contributed by atoms with Gasteiger partial charge < -0.3 is 10.3 Å². The number of piperidine rings is 1. The molecule has 2 rings (SSSR count). The quantitative estimate of drug-likeness (QED) is 0.775. The number of rotatable bonds is 2. The van der Waals surface area contributed by atoms with E-state index in [2.05, 4.69) is 56.1 Å². The summed E-state index contributed by atoms with van der Waals surface area (Å²) in [5.74, 6) is 0. The van der Waals surface area contributed by atoms with E-state index in [1.165, 1.54) is 50.2 Å². The molecule has 1 heterocycles. The van der Waals surface area contributed by atoms with Gasteiger partial charge in [0.25, 0.3) is 0 Å². The van der Waals surface area contributed by atoms with E-state index in [1.54, 1.807) is 0 Å². The Balaban J connectivity index is 2.15. The van der Waals surface area contributed by atoms with Crippen LogP contribution in [0.3, 0.4) is 0 Å². The van der Waals surface area contributed by atoms with Crippen molar-refractivity contribution in [2.24, 2.45) is 10.5 Å². The minimum atomic E-state index is 0.0354. The first-order valence-electron chi connectivity index (χ1n) is 8.04. The van der Waals surface area contributed by atoms with Crippen molar-refractivity contribution < 1.29 is 0 Å². The molecule has 0 aromatic rings. The van der Waals surface area contributed by atoms with Crippen LogP contribution in [0, 0.1) is 5.41 Å². The topological polar surface area (TPSA) is 27.6 Å². The van der Waals surface area contributed by atoms with Crippen LogP contribution in [0.15, 0.2) is 16.9 Å². The van der Waals surface area contributed by atoms with E-state index in [4.69, 9.17) is 0 Å². The van der Waals surface area contributed by atoms with Crippen molar-refractivity contribution in [2.45, 2.75) is 72.3 Å². The van der Waals surface area contributed by atoms with Crippen LogP contribution in [0.4, 0.5) is 0 Å². The average Bonchev–Trinajstić information content (AvgIpc) is 2.35. The van der Waals surface area contributed by atoms with Crippen LogP contribution in [-0.2, 0) is 0 Å². The molecule has 3 nitrogen and oxygen atoms in total. The summed E-state index contributed by atoms with van der Waals surface area (Å²) in [5, 5.41) is 4.66. The number of nitrogens with zero attached hydrogens (tertiary/aromatic N) is 2. The van der Waals surface area contributed by atoms with E-state index >= 15 is 0 Å². The fourth-order valence-electron chi connectivity index (χ4n) is 3.03. The van der Waals surface area contributed by atoms with E-state index in [0.717, 1.165) is 6.42 Å². The molecule has 1 aliphatic heterocycles. The Bertz CT molecular complexity index is 393. The highest BCUT2D eigenvalue weighted by Crippen LogP contribution is 2.36. The SMILES string of the molecule is CC1(C)CC(N2CCCCC2)=C/C(=N\NC(C)(C)C)C1. The average molecular weight is 277 g/mol. The van der Waals surface area contributed by atoms with Crippen molar-refractivity contribution in [3.05, 3.63) is 11.8 Å². The lowest BCUT2D eigenvalue weighted by Crippen LogP contribution is -2.36. The Morgan fingerprint density at radius 1 is 1.10 bits per heavy atom. The summed E-state index contributed by atoms with van der Waals surface area (Å²) >= 11 is 0. The normalized spacial score (nSPS) is 25.6. The van der Waals surface area contributed by atoms with E-state index in [-0.39, 0.29) is 5.54 Å². The van der Waals surface area contributed by atoms with Gasteiger partial charge in [-0.3, -0.25) is 0 Å². The summed E-state index contributed by atoms with van der Waals surface area (Å²) in [6.45, 7) is 13.6. The maximum absolute atomic E-state index is 4.66. The highest BCUT2D eigenvalue weighted by molar-refractivity contribution is 5.96. The van der Waals surface area contributed by atoms with Gasteiger partial charge in [-0.1, -0.05) is 13.8 Å². The van der Waals surface area contributed by atoms with Crippen molar-refractivity contribution in [3.8, 4) is 0 Å². The van der Waals surface area contributed by atoms with Gasteiger partial charge in [-0.2, -0.15) is 5.10 Å². The van der Waals surface area contributed by atoms with E-state index < -0.39 is 0 Å². The van der Waals surface area contributed by atoms with Gasteiger partial charge in [0.2, 0.25) is 0 Å². The predicted octanol–water partition coefficient (Wildman–Crippen LogP) is 3.92. The lowest BCUT2D eigenvalue weighted by molar-refractivity contribution is 0.241. The number of hydrazone groups is 1. The van der Waals surface area contributed by atoms with Crippen molar-refractivity contribution in [1.82, 2.24) is 10.3 Å². The highest BCUT2D eigenvalue weighted by atomic mass is 15.3. The second-order valence-electron chi connectivity index (χ2n) is 8.17. The van der Waals surface area contributed by atoms with Gasteiger partial charge in [-0.25, -0.2) is 0 Å². The first-order valence-corrected chi connectivity index (χ1v) is 8.04. The fraction of sp³-hybridized carbons (Fsp3) is 0.824. The van der Waals surface area contributed by atoms with Crippen LogP contribution in [0.1, 0.15) is 66.7 Å². The van der Waals surface area contributed by atoms with Gasteiger partial charge in [0.15, 0.2) is 0 Å². The van der Waals surface area contributed by atoms with Gasteiger partial charge in [-0.15, -0.1) is 0 Å². The van der Waals surface area contributed by atoms with E-state index in [1.807, 2.05) is 0 Å². The van der Waals surface area contributed by atoms with Gasteiger partial charge in [0, 0.05) is 24.3 Å². The van der Waals surface area contributed by atoms with Crippen LogP contribution in [0.25, 0.3) is 0 Å². The highest BCUT2D eigenvalue weighted by Gasteiger charge is 2.29. The van der Waals surface area contributed by atoms with Crippen LogP contribution in [0.5, 0.6) is 0 Å². The second kappa shape index (κ2) is 5.79. The molecular weight excluding hydrogens is 246 g/mol. The molecule has 0 aromatic carbocycles. The molecule has 0 amide bonds. The van der Waals surface area contributed by atoms with Crippen LogP contribution in [0.2, 0.25) is 0 Å². The molecule has 0 bridgehead atoms. The maximum Gasteiger partial charge on any atom is 0.0625 e. The molecule has 20 heavy (non-hydrogen) atoms. The number of hydrogen-bond donors (Lipinski definition) is 1. The minimum absolute atomic E-state index is 0.0354. The molecule has 0 atom stereocenters. The molecule has 0 aromatic heterocycles. The zero-order valence-electron chi connectivity index (χ0n) is 13.9. The molecule has 0 unspecified atom stereocenters. The summed E-state index contributed by atoms with van der Waals surface area (Å²) < 4.78 is 0. The molecule has 114 valence electrons. The summed E-state index contributed by atoms with van der Waals surface area (Å²) in [4.78, 5) is 2.58. The van der Waals surface area contributed by atoms with Crippen molar-refractivity contribution in [3.63, 3.8) is 0 Å². The minimum Gasteiger partial charge on any atom is -0.375 e. The predicted molar refractivity (Wildman–Crippen MR) is 86.8 cm³/mol. The molecule has 0 spiro atoms. The van der Waals surface area contributed by atoms with Gasteiger partial charge in [0.05, 0.1) is 5.71 Å². The second-order valence-corrected chi connectivity index (χ2v) is 8.17. The van der Waals surface area contributed by atoms with Gasteiger partial charge in [-0.05, 0) is 64.4 Å². The van der Waals surface area contributed by atoms with Gasteiger partial charge >= 0.3 is 0 Å². The molecule has 1 saturated heterocycles. The maximum atomic E-state index is 4.66. The van der Waals surface area contributed by atoms with Crippen molar-refractivity contribution >= 4 is 5.71 Å². The summed E-state index contributed by atoms with van der Waals surface area (Å²) in [6, 6.07) is 0. The number of allylic oxidation sites excluding steroid dienone is 2. The lowest BCUT2D eigenvalue weighted by atomic mass is 9.78. The largest absolute Gasteiger partial charge is 0.375 e. The van der Waals surface area contributed by atoms with Crippen molar-refractivity contribution in [1.29, 1.82) is 0 Å². The van der Waals surface area contributed by atoms with Gasteiger partial charge in [0.1, 0.15) is 0 Å². The zero-order valence-corrected chi connectivity index (χ0v) is 13.9. The summed E-state index contributed by atoms with van der Waals surface area (Å²) in [7, 11) is 0. The van der Waals surface area contributed by atoms with Crippen LogP contribution >= 0.6 is 0 Å². The fourth-order valence-corrected chi connectivity index (χ4v) is 3.03. The first kappa shape index (κ1) is 15.4. The van der Waals surface area contributed by atoms with Crippen molar-refractivity contribution in [2.75, 3.05) is 13.1 Å². The Morgan fingerprint density at radius 3 is 2.35 bits per heavy atom.